The van der Waals surface area contributed by atoms with Crippen molar-refractivity contribution in [1.82, 2.24) is 0 Å². The number of nitrogens with zero attached hydrogens (tertiary/aromatic N) is 7. The molecule has 4 aromatic rings. The Morgan fingerprint density at radius 3 is 1.40 bits per heavy atom. The fraction of sp³-hybridized carbons (Fsp3) is 0.206. The number of benzene rings is 4. The van der Waals surface area contributed by atoms with Crippen LogP contribution in [0.3, 0.4) is 0 Å². The number of rotatable bonds is 21. The van der Waals surface area contributed by atoms with Crippen molar-refractivity contribution in [3.8, 4) is 18.2 Å². The Hall–Kier alpha value is -12.0. The van der Waals surface area contributed by atoms with Crippen LogP contribution in [0.2, 0.25) is 0 Å². The highest BCUT2D eigenvalue weighted by atomic mass is 19.4. The number of imide groups is 3. The molecule has 0 fully saturated rings. The topological polar surface area (TPSA) is 284 Å². The molecule has 0 aromatic heterocycles. The van der Waals surface area contributed by atoms with Crippen molar-refractivity contribution in [3.63, 3.8) is 0 Å². The lowest BCUT2D eigenvalue weighted by Crippen LogP contribution is -2.43. The molecule has 6 amide bonds. The number of halogens is 3. The molecule has 9 rings (SSSR count). The van der Waals surface area contributed by atoms with Gasteiger partial charge < -0.3 is 28.6 Å². The molecule has 0 bridgehead atoms. The lowest BCUT2D eigenvalue weighted by Gasteiger charge is -2.34. The molecule has 0 spiro atoms. The van der Waals surface area contributed by atoms with Crippen LogP contribution >= 0.6 is 0 Å². The minimum Gasteiger partial charge on any atom is -0.489 e. The average molecular weight is 1250 g/mol. The monoisotopic (exact) mass is 1250 g/mol. The summed E-state index contributed by atoms with van der Waals surface area (Å²) in [6, 6.07) is 28.7. The molecule has 1 unspecified atom stereocenters. The van der Waals surface area contributed by atoms with E-state index in [4.69, 9.17) is 23.7 Å². The molecule has 1 aliphatic carbocycles. The number of amides is 6. The molecule has 464 valence electrons. The number of nitriles is 3. The first-order valence-corrected chi connectivity index (χ1v) is 28.2. The third-order valence-corrected chi connectivity index (χ3v) is 14.9. The number of ether oxygens (including phenoxy) is 5. The summed E-state index contributed by atoms with van der Waals surface area (Å²) in [6.07, 6.45) is 9.74. The van der Waals surface area contributed by atoms with Crippen molar-refractivity contribution in [2.45, 2.75) is 45.4 Å². The molecule has 24 heteroatoms. The highest BCUT2D eigenvalue weighted by Crippen LogP contribution is 2.50. The summed E-state index contributed by atoms with van der Waals surface area (Å²) in [5.74, 6) is -5.89. The van der Waals surface area contributed by atoms with E-state index in [-0.39, 0.29) is 79.0 Å². The predicted molar refractivity (Wildman–Crippen MR) is 322 cm³/mol. The first kappa shape index (κ1) is 64.5. The number of hydrogen-bond acceptors (Lipinski definition) is 18. The van der Waals surface area contributed by atoms with E-state index in [0.29, 0.717) is 42.2 Å². The van der Waals surface area contributed by atoms with Gasteiger partial charge in [0.05, 0.1) is 46.8 Å². The number of esters is 3. The second kappa shape index (κ2) is 27.2. The van der Waals surface area contributed by atoms with E-state index in [1.54, 1.807) is 47.4 Å². The van der Waals surface area contributed by atoms with Gasteiger partial charge >= 0.3 is 24.1 Å². The smallest absolute Gasteiger partial charge is 0.432 e. The fourth-order valence-corrected chi connectivity index (χ4v) is 10.3. The van der Waals surface area contributed by atoms with E-state index in [0.717, 1.165) is 57.2 Å². The third-order valence-electron chi connectivity index (χ3n) is 14.9. The number of allylic oxidation sites excluding steroid dienone is 7. The normalized spacial score (nSPS) is 18.1. The van der Waals surface area contributed by atoms with Crippen molar-refractivity contribution in [2.24, 2.45) is 5.41 Å². The van der Waals surface area contributed by atoms with Crippen LogP contribution in [0.15, 0.2) is 197 Å². The molecule has 4 aliphatic heterocycles. The van der Waals surface area contributed by atoms with Crippen LogP contribution in [0.5, 0.6) is 0 Å². The Bertz CT molecular complexity index is 4000. The minimum atomic E-state index is -5.12. The van der Waals surface area contributed by atoms with Gasteiger partial charge in [-0.3, -0.25) is 28.8 Å². The maximum atomic E-state index is 14.8. The van der Waals surface area contributed by atoms with Crippen molar-refractivity contribution < 1.29 is 80.0 Å². The first-order chi connectivity index (χ1) is 43.9. The predicted octanol–water partition coefficient (Wildman–Crippen LogP) is 9.41. The second-order valence-electron chi connectivity index (χ2n) is 21.7. The van der Waals surface area contributed by atoms with Crippen molar-refractivity contribution in [2.75, 3.05) is 59.1 Å². The van der Waals surface area contributed by atoms with Gasteiger partial charge in [0.2, 0.25) is 5.60 Å². The number of carbonyl (C=O) groups excluding carboxylic acids is 9. The summed E-state index contributed by atoms with van der Waals surface area (Å²) in [4.78, 5) is 118. The van der Waals surface area contributed by atoms with E-state index < -0.39 is 93.0 Å². The molecule has 1 atom stereocenters. The average Bonchev–Trinajstić information content (AvgIpc) is 1.58. The second-order valence-corrected chi connectivity index (χ2v) is 21.7. The summed E-state index contributed by atoms with van der Waals surface area (Å²) in [5, 5.41) is 29.2. The van der Waals surface area contributed by atoms with Gasteiger partial charge in [0, 0.05) is 47.7 Å². The molecule has 92 heavy (non-hydrogen) atoms. The molecule has 0 N–H and O–H groups in total. The van der Waals surface area contributed by atoms with Crippen LogP contribution in [0, 0.1) is 39.4 Å². The van der Waals surface area contributed by atoms with Gasteiger partial charge in [-0.25, -0.2) is 29.1 Å². The van der Waals surface area contributed by atoms with Gasteiger partial charge in [0.25, 0.3) is 35.4 Å². The number of alkyl halides is 3. The molecule has 0 saturated heterocycles. The Balaban J connectivity index is 0.962. The fourth-order valence-electron chi connectivity index (χ4n) is 10.3. The molecular weight excluding hydrogens is 1200 g/mol. The van der Waals surface area contributed by atoms with Crippen LogP contribution in [0.1, 0.15) is 70.3 Å². The number of hydrogen-bond donors (Lipinski definition) is 0. The molecule has 21 nitrogen and oxygen atoms in total. The van der Waals surface area contributed by atoms with E-state index in [2.05, 4.69) is 0 Å². The summed E-state index contributed by atoms with van der Waals surface area (Å²) in [5.41, 5.74) is -2.27. The molecule has 4 aromatic carbocycles. The standard InChI is InChI=1S/C68H52F3N7O14/c1-66(2)37-46(5-4-6-54-53(41-74)62(48(39-72)40-73)92-67(54,3)68(69,70)71)61(88-35-36-91-65(87)45-15-23-52(24-16-45)78-59(83)29-30-60(78)84)47(38-66)10-7-42-8-17-49(18-9-42)75(31-33-89-63(85)43-11-19-50(20-12-43)76-55(79)25-26-56(76)80)32-34-90-64(86)44-13-21-51(22-14-44)77-57(81)27-28-58(77)82/h4-30H,31-38H2,1-3H3/b6-4+,10-7+,46-5+. The van der Waals surface area contributed by atoms with Crippen molar-refractivity contribution in [1.29, 1.82) is 15.8 Å². The van der Waals surface area contributed by atoms with Crippen molar-refractivity contribution in [3.05, 3.63) is 219 Å². The van der Waals surface area contributed by atoms with E-state index in [1.807, 2.05) is 13.8 Å². The molecule has 5 aliphatic rings. The van der Waals surface area contributed by atoms with E-state index in [9.17, 15) is 72.1 Å². The Morgan fingerprint density at radius 1 is 0.576 bits per heavy atom. The van der Waals surface area contributed by atoms with Crippen LogP contribution < -0.4 is 19.6 Å². The van der Waals surface area contributed by atoms with Crippen LogP contribution in [0.25, 0.3) is 6.08 Å². The SMILES string of the molecule is CC1(C)CC(/C=C/c2ccc(N(CCOC(=O)c3ccc(N4C(=O)C=CC4=O)cc3)CCOC(=O)c3ccc(N4C(=O)C=CC4=O)cc3)cc2)=C(OCCOC(=O)c2ccc(N3C(=O)C=CC3=O)cc2)C(=C/C=C/C2=C(C#N)C(=C(C#N)C#N)OC2(C)C(F)(F)F)/C1. The zero-order chi connectivity index (χ0) is 66.1. The zero-order valence-electron chi connectivity index (χ0n) is 49.2. The van der Waals surface area contributed by atoms with E-state index in [1.165, 1.54) is 97.1 Å². The largest absolute Gasteiger partial charge is 0.489 e. The van der Waals surface area contributed by atoms with E-state index >= 15 is 0 Å². The van der Waals surface area contributed by atoms with Gasteiger partial charge in [-0.2, -0.15) is 29.0 Å². The molecule has 4 heterocycles. The summed E-state index contributed by atoms with van der Waals surface area (Å²) >= 11 is 0. The highest BCUT2D eigenvalue weighted by molar-refractivity contribution is 6.29. The Kier molecular flexibility index (Phi) is 19.1. The van der Waals surface area contributed by atoms with Gasteiger partial charge in [-0.15, -0.1) is 0 Å². The van der Waals surface area contributed by atoms with Gasteiger partial charge in [0.1, 0.15) is 56.0 Å². The van der Waals surface area contributed by atoms with Crippen molar-refractivity contribution >= 4 is 82.2 Å². The summed E-state index contributed by atoms with van der Waals surface area (Å²) in [6.45, 7) is 3.95. The number of carbonyl (C=O) groups is 9. The summed E-state index contributed by atoms with van der Waals surface area (Å²) < 4.78 is 72.8. The maximum Gasteiger partial charge on any atom is 0.432 e. The number of anilines is 4. The van der Waals surface area contributed by atoms with Gasteiger partial charge in [0.15, 0.2) is 11.3 Å². The van der Waals surface area contributed by atoms with Crippen LogP contribution in [0.4, 0.5) is 35.9 Å². The maximum absolute atomic E-state index is 14.8. The Labute approximate surface area is 523 Å². The quantitative estimate of drug-likeness (QED) is 0.0247. The van der Waals surface area contributed by atoms with Crippen LogP contribution in [-0.2, 0) is 52.5 Å². The summed E-state index contributed by atoms with van der Waals surface area (Å²) in [7, 11) is 0. The molecule has 0 saturated carbocycles. The van der Waals surface area contributed by atoms with Gasteiger partial charge in [-0.1, -0.05) is 56.4 Å². The third kappa shape index (κ3) is 14.1. The molecular formula is C68H52F3N7O14. The lowest BCUT2D eigenvalue weighted by molar-refractivity contribution is -0.236. The lowest BCUT2D eigenvalue weighted by atomic mass is 9.74. The Morgan fingerprint density at radius 2 is 1.00 bits per heavy atom. The first-order valence-electron chi connectivity index (χ1n) is 28.2. The van der Waals surface area contributed by atoms with Crippen LogP contribution in [-0.4, -0.2) is 105 Å². The molecule has 0 radical (unpaired) electrons. The zero-order valence-corrected chi connectivity index (χ0v) is 49.2. The minimum absolute atomic E-state index is 0.0879. The highest BCUT2D eigenvalue weighted by Gasteiger charge is 2.60. The van der Waals surface area contributed by atoms with Gasteiger partial charge in [-0.05, 0) is 127 Å².